The lowest BCUT2D eigenvalue weighted by Gasteiger charge is -2.08. The molecule has 0 nitrogen and oxygen atoms in total. The summed E-state index contributed by atoms with van der Waals surface area (Å²) in [4.78, 5) is 0. The molecular formula is C12H6Cl2F2. The second kappa shape index (κ2) is 4.40. The predicted molar refractivity (Wildman–Crippen MR) is 61.8 cm³/mol. The zero-order chi connectivity index (χ0) is 11.7. The van der Waals surface area contributed by atoms with Crippen LogP contribution in [0.3, 0.4) is 0 Å². The van der Waals surface area contributed by atoms with Gasteiger partial charge in [-0.2, -0.15) is 0 Å². The molecule has 0 unspecified atom stereocenters. The highest BCUT2D eigenvalue weighted by atomic mass is 35.5. The van der Waals surface area contributed by atoms with E-state index in [-0.39, 0.29) is 15.6 Å². The Hall–Kier alpha value is -1.12. The Kier molecular flexibility index (Phi) is 3.13. The normalized spacial score (nSPS) is 10.5. The SMILES string of the molecule is Fc1cccc(-c2c(Cl)cccc2Cl)c1F. The lowest BCUT2D eigenvalue weighted by atomic mass is 10.0. The van der Waals surface area contributed by atoms with Crippen LogP contribution in [0.5, 0.6) is 0 Å². The molecule has 2 aromatic rings. The van der Waals surface area contributed by atoms with Crippen molar-refractivity contribution in [1.29, 1.82) is 0 Å². The molecule has 82 valence electrons. The van der Waals surface area contributed by atoms with Gasteiger partial charge in [0.25, 0.3) is 0 Å². The first-order valence-electron chi connectivity index (χ1n) is 4.49. The zero-order valence-corrected chi connectivity index (χ0v) is 9.49. The quantitative estimate of drug-likeness (QED) is 0.680. The van der Waals surface area contributed by atoms with Gasteiger partial charge in [-0.15, -0.1) is 0 Å². The van der Waals surface area contributed by atoms with E-state index in [1.807, 2.05) is 0 Å². The van der Waals surface area contributed by atoms with Crippen molar-refractivity contribution < 1.29 is 8.78 Å². The van der Waals surface area contributed by atoms with Gasteiger partial charge in [-0.1, -0.05) is 41.4 Å². The molecular weight excluding hydrogens is 253 g/mol. The third-order valence-electron chi connectivity index (χ3n) is 2.18. The van der Waals surface area contributed by atoms with Crippen molar-refractivity contribution in [2.45, 2.75) is 0 Å². The lowest BCUT2D eigenvalue weighted by molar-refractivity contribution is 0.511. The maximum absolute atomic E-state index is 13.6. The fraction of sp³-hybridized carbons (Fsp3) is 0. The average Bonchev–Trinajstić information content (AvgIpc) is 2.24. The maximum Gasteiger partial charge on any atom is 0.166 e. The van der Waals surface area contributed by atoms with Crippen molar-refractivity contribution in [3.63, 3.8) is 0 Å². The second-order valence-corrected chi connectivity index (χ2v) is 4.01. The summed E-state index contributed by atoms with van der Waals surface area (Å²) in [5, 5.41) is 0.578. The van der Waals surface area contributed by atoms with Crippen LogP contribution in [0.1, 0.15) is 0 Å². The van der Waals surface area contributed by atoms with E-state index in [0.29, 0.717) is 5.56 Å². The fourth-order valence-corrected chi connectivity index (χ4v) is 2.05. The Balaban J connectivity index is 2.73. The second-order valence-electron chi connectivity index (χ2n) is 3.20. The van der Waals surface area contributed by atoms with E-state index in [1.165, 1.54) is 12.1 Å². The molecule has 4 heteroatoms. The highest BCUT2D eigenvalue weighted by molar-refractivity contribution is 6.39. The fourth-order valence-electron chi connectivity index (χ4n) is 1.45. The Bertz CT molecular complexity index is 518. The first kappa shape index (κ1) is 11.4. The first-order valence-corrected chi connectivity index (χ1v) is 5.25. The molecule has 0 aliphatic rings. The first-order chi connectivity index (χ1) is 7.61. The molecule has 0 bridgehead atoms. The topological polar surface area (TPSA) is 0 Å². The van der Waals surface area contributed by atoms with Crippen molar-refractivity contribution >= 4 is 23.2 Å². The molecule has 2 rings (SSSR count). The predicted octanol–water partition coefficient (Wildman–Crippen LogP) is 4.94. The van der Waals surface area contributed by atoms with Crippen LogP contribution in [0.15, 0.2) is 36.4 Å². The summed E-state index contributed by atoms with van der Waals surface area (Å²) >= 11 is 11.8. The largest absolute Gasteiger partial charge is 0.204 e. The van der Waals surface area contributed by atoms with Crippen LogP contribution >= 0.6 is 23.2 Å². The van der Waals surface area contributed by atoms with Gasteiger partial charge in [-0.3, -0.25) is 0 Å². The van der Waals surface area contributed by atoms with E-state index in [0.717, 1.165) is 6.07 Å². The smallest absolute Gasteiger partial charge is 0.166 e. The summed E-state index contributed by atoms with van der Waals surface area (Å²) < 4.78 is 26.6. The minimum Gasteiger partial charge on any atom is -0.204 e. The van der Waals surface area contributed by atoms with Gasteiger partial charge < -0.3 is 0 Å². The van der Waals surface area contributed by atoms with E-state index < -0.39 is 11.6 Å². The molecule has 0 amide bonds. The van der Waals surface area contributed by atoms with Gasteiger partial charge in [0.05, 0.1) is 0 Å². The van der Waals surface area contributed by atoms with Gasteiger partial charge in [0.1, 0.15) is 0 Å². The van der Waals surface area contributed by atoms with Crippen molar-refractivity contribution in [1.82, 2.24) is 0 Å². The third-order valence-corrected chi connectivity index (χ3v) is 2.81. The molecule has 2 aromatic carbocycles. The van der Waals surface area contributed by atoms with Crippen molar-refractivity contribution in [2.24, 2.45) is 0 Å². The monoisotopic (exact) mass is 258 g/mol. The van der Waals surface area contributed by atoms with Crippen LogP contribution in [-0.4, -0.2) is 0 Å². The molecule has 0 aliphatic heterocycles. The van der Waals surface area contributed by atoms with Crippen molar-refractivity contribution in [3.8, 4) is 11.1 Å². The molecule has 0 aromatic heterocycles. The molecule has 0 fully saturated rings. The van der Waals surface area contributed by atoms with Gasteiger partial charge in [-0.25, -0.2) is 8.78 Å². The van der Waals surface area contributed by atoms with Gasteiger partial charge in [-0.05, 0) is 18.2 Å². The molecule has 0 radical (unpaired) electrons. The molecule has 0 aliphatic carbocycles. The molecule has 0 atom stereocenters. The standard InChI is InChI=1S/C12H6Cl2F2/c13-8-4-2-5-9(14)11(8)7-3-1-6-10(15)12(7)16/h1-6H. The van der Waals surface area contributed by atoms with E-state index in [2.05, 4.69) is 0 Å². The van der Waals surface area contributed by atoms with E-state index >= 15 is 0 Å². The van der Waals surface area contributed by atoms with Crippen LogP contribution in [0.25, 0.3) is 11.1 Å². The number of hydrogen-bond acceptors (Lipinski definition) is 0. The number of halogens is 4. The molecule has 0 heterocycles. The minimum atomic E-state index is -0.947. The van der Waals surface area contributed by atoms with Crippen LogP contribution in [0.4, 0.5) is 8.78 Å². The maximum atomic E-state index is 13.6. The van der Waals surface area contributed by atoms with Crippen LogP contribution < -0.4 is 0 Å². The van der Waals surface area contributed by atoms with Crippen LogP contribution in [0, 0.1) is 11.6 Å². The van der Waals surface area contributed by atoms with Gasteiger partial charge in [0.15, 0.2) is 11.6 Å². The summed E-state index contributed by atoms with van der Waals surface area (Å²) in [6.45, 7) is 0. The zero-order valence-electron chi connectivity index (χ0n) is 7.98. The summed E-state index contributed by atoms with van der Waals surface area (Å²) in [5.74, 6) is -1.87. The third kappa shape index (κ3) is 1.91. The van der Waals surface area contributed by atoms with Crippen molar-refractivity contribution in [3.05, 3.63) is 58.1 Å². The van der Waals surface area contributed by atoms with E-state index in [4.69, 9.17) is 23.2 Å². The lowest BCUT2D eigenvalue weighted by Crippen LogP contribution is -1.90. The minimum absolute atomic E-state index is 0.0654. The summed E-state index contributed by atoms with van der Waals surface area (Å²) in [5.41, 5.74) is 0.374. The summed E-state index contributed by atoms with van der Waals surface area (Å²) in [6.07, 6.45) is 0. The molecule has 0 saturated heterocycles. The molecule has 0 spiro atoms. The average molecular weight is 259 g/mol. The van der Waals surface area contributed by atoms with E-state index in [1.54, 1.807) is 18.2 Å². The molecule has 0 saturated carbocycles. The Morgan fingerprint density at radius 1 is 0.812 bits per heavy atom. The molecule has 0 N–H and O–H groups in total. The Labute approximate surface area is 101 Å². The Morgan fingerprint density at radius 3 is 2.00 bits per heavy atom. The van der Waals surface area contributed by atoms with E-state index in [9.17, 15) is 8.78 Å². The highest BCUT2D eigenvalue weighted by Crippen LogP contribution is 2.36. The van der Waals surface area contributed by atoms with Gasteiger partial charge in [0.2, 0.25) is 0 Å². The number of hydrogen-bond donors (Lipinski definition) is 0. The van der Waals surface area contributed by atoms with Crippen LogP contribution in [-0.2, 0) is 0 Å². The molecule has 16 heavy (non-hydrogen) atoms. The number of benzene rings is 2. The van der Waals surface area contributed by atoms with Gasteiger partial charge >= 0.3 is 0 Å². The highest BCUT2D eigenvalue weighted by Gasteiger charge is 2.14. The summed E-state index contributed by atoms with van der Waals surface area (Å²) in [7, 11) is 0. The van der Waals surface area contributed by atoms with Gasteiger partial charge in [0, 0.05) is 21.2 Å². The summed E-state index contributed by atoms with van der Waals surface area (Å²) in [6, 6.07) is 8.69. The van der Waals surface area contributed by atoms with Crippen molar-refractivity contribution in [2.75, 3.05) is 0 Å². The van der Waals surface area contributed by atoms with Crippen LogP contribution in [0.2, 0.25) is 10.0 Å². The number of rotatable bonds is 1. The Morgan fingerprint density at radius 2 is 1.38 bits per heavy atom.